The standard InChI is InChI=1S/C13H16O3.Na/c1-9(2)7-10-3-5-11(6-4-10)12(8-14)13(15)16;/h3-6,8-9,12H,7H2,1-2H3,(H,15,16);/q;+1/p-1. The van der Waals surface area contributed by atoms with Gasteiger partial charge in [-0.3, -0.25) is 0 Å². The number of carbonyl (C=O) groups is 2. The molecule has 4 heteroatoms. The molecule has 1 unspecified atom stereocenters. The molecule has 0 bridgehead atoms. The van der Waals surface area contributed by atoms with E-state index in [2.05, 4.69) is 13.8 Å². The Balaban J connectivity index is 0.00000256. The molecule has 0 saturated carbocycles. The number of rotatable bonds is 5. The monoisotopic (exact) mass is 242 g/mol. The van der Waals surface area contributed by atoms with Gasteiger partial charge >= 0.3 is 29.6 Å². The first-order chi connectivity index (χ1) is 7.54. The van der Waals surface area contributed by atoms with Gasteiger partial charge in [0.2, 0.25) is 0 Å². The molecule has 0 heterocycles. The van der Waals surface area contributed by atoms with Gasteiger partial charge in [0.25, 0.3) is 0 Å². The summed E-state index contributed by atoms with van der Waals surface area (Å²) in [5.41, 5.74) is 1.62. The van der Waals surface area contributed by atoms with Crippen LogP contribution in [-0.4, -0.2) is 12.3 Å². The summed E-state index contributed by atoms with van der Waals surface area (Å²) in [6.45, 7) is 4.23. The molecule has 0 aromatic heterocycles. The van der Waals surface area contributed by atoms with Crippen LogP contribution in [0.25, 0.3) is 0 Å². The molecule has 86 valence electrons. The maximum atomic E-state index is 10.7. The van der Waals surface area contributed by atoms with Crippen molar-refractivity contribution in [2.24, 2.45) is 5.92 Å². The summed E-state index contributed by atoms with van der Waals surface area (Å²) in [5, 5.41) is 10.7. The second-order valence-corrected chi connectivity index (χ2v) is 4.27. The van der Waals surface area contributed by atoms with Gasteiger partial charge in [0.1, 0.15) is 6.29 Å². The van der Waals surface area contributed by atoms with E-state index in [4.69, 9.17) is 0 Å². The maximum absolute atomic E-state index is 10.7. The van der Waals surface area contributed by atoms with Gasteiger partial charge in [0.15, 0.2) is 0 Å². The van der Waals surface area contributed by atoms with E-state index in [-0.39, 0.29) is 29.6 Å². The predicted octanol–water partition coefficient (Wildman–Crippen LogP) is -2.08. The summed E-state index contributed by atoms with van der Waals surface area (Å²) in [6.07, 6.45) is 1.34. The first-order valence-corrected chi connectivity index (χ1v) is 5.29. The normalized spacial score (nSPS) is 11.7. The van der Waals surface area contributed by atoms with Gasteiger partial charge in [-0.25, -0.2) is 0 Å². The van der Waals surface area contributed by atoms with Crippen molar-refractivity contribution >= 4 is 12.3 Å². The van der Waals surface area contributed by atoms with Crippen molar-refractivity contribution in [2.45, 2.75) is 26.2 Å². The van der Waals surface area contributed by atoms with E-state index in [0.717, 1.165) is 12.0 Å². The Hall–Kier alpha value is -0.640. The number of hydrogen-bond acceptors (Lipinski definition) is 3. The number of hydrogen-bond donors (Lipinski definition) is 0. The predicted molar refractivity (Wildman–Crippen MR) is 58.8 cm³/mol. The van der Waals surface area contributed by atoms with Crippen molar-refractivity contribution in [1.82, 2.24) is 0 Å². The largest absolute Gasteiger partial charge is 1.00 e. The number of carbonyl (C=O) groups excluding carboxylic acids is 2. The molecule has 0 spiro atoms. The van der Waals surface area contributed by atoms with Gasteiger partial charge in [-0.15, -0.1) is 0 Å². The second kappa shape index (κ2) is 7.64. The van der Waals surface area contributed by atoms with Gasteiger partial charge in [0.05, 0.1) is 11.9 Å². The molecule has 0 saturated heterocycles. The van der Waals surface area contributed by atoms with E-state index < -0.39 is 11.9 Å². The number of carboxylic acids is 1. The van der Waals surface area contributed by atoms with Crippen LogP contribution in [-0.2, 0) is 16.0 Å². The van der Waals surface area contributed by atoms with E-state index in [1.807, 2.05) is 12.1 Å². The minimum Gasteiger partial charge on any atom is -0.549 e. The molecule has 1 aromatic carbocycles. The quantitative estimate of drug-likeness (QED) is 0.338. The van der Waals surface area contributed by atoms with Crippen molar-refractivity contribution < 1.29 is 44.3 Å². The fraction of sp³-hybridized carbons (Fsp3) is 0.385. The summed E-state index contributed by atoms with van der Waals surface area (Å²) in [6, 6.07) is 7.06. The fourth-order valence-corrected chi connectivity index (χ4v) is 1.60. The minimum atomic E-state index is -1.35. The van der Waals surface area contributed by atoms with E-state index in [1.54, 1.807) is 12.1 Å². The topological polar surface area (TPSA) is 57.2 Å². The Kier molecular flexibility index (Phi) is 7.35. The Morgan fingerprint density at radius 3 is 2.18 bits per heavy atom. The SMILES string of the molecule is CC(C)Cc1ccc(C(C=O)C(=O)[O-])cc1.[Na+]. The molecule has 0 radical (unpaired) electrons. The number of carboxylic acid groups (broad SMARTS) is 1. The van der Waals surface area contributed by atoms with Crippen LogP contribution in [0.15, 0.2) is 24.3 Å². The molecule has 3 nitrogen and oxygen atoms in total. The van der Waals surface area contributed by atoms with Gasteiger partial charge in [-0.2, -0.15) is 0 Å². The van der Waals surface area contributed by atoms with E-state index >= 15 is 0 Å². The smallest absolute Gasteiger partial charge is 0.549 e. The van der Waals surface area contributed by atoms with Crippen LogP contribution in [0.5, 0.6) is 0 Å². The minimum absolute atomic E-state index is 0. The van der Waals surface area contributed by atoms with E-state index in [0.29, 0.717) is 17.8 Å². The maximum Gasteiger partial charge on any atom is 1.00 e. The molecule has 0 N–H and O–H groups in total. The molecular formula is C13H15NaO3. The molecule has 0 aliphatic carbocycles. The van der Waals surface area contributed by atoms with Crippen molar-refractivity contribution in [1.29, 1.82) is 0 Å². The number of aliphatic carboxylic acids is 1. The van der Waals surface area contributed by atoms with Crippen LogP contribution in [0.2, 0.25) is 0 Å². The van der Waals surface area contributed by atoms with Crippen LogP contribution in [0, 0.1) is 5.92 Å². The van der Waals surface area contributed by atoms with Crippen LogP contribution in [0.4, 0.5) is 0 Å². The molecule has 0 fully saturated rings. The average Bonchev–Trinajstić information content (AvgIpc) is 2.20. The third-order valence-corrected chi connectivity index (χ3v) is 2.37. The van der Waals surface area contributed by atoms with Crippen LogP contribution in [0.3, 0.4) is 0 Å². The Morgan fingerprint density at radius 2 is 1.82 bits per heavy atom. The first-order valence-electron chi connectivity index (χ1n) is 5.29. The third-order valence-electron chi connectivity index (χ3n) is 2.37. The van der Waals surface area contributed by atoms with Crippen LogP contribution >= 0.6 is 0 Å². The van der Waals surface area contributed by atoms with E-state index in [9.17, 15) is 14.7 Å². The molecule has 1 aromatic rings. The van der Waals surface area contributed by atoms with Crippen molar-refractivity contribution in [3.63, 3.8) is 0 Å². The summed E-state index contributed by atoms with van der Waals surface area (Å²) in [5.74, 6) is -1.96. The number of benzene rings is 1. The average molecular weight is 242 g/mol. The van der Waals surface area contributed by atoms with Crippen LogP contribution in [0.1, 0.15) is 30.9 Å². The summed E-state index contributed by atoms with van der Waals surface area (Å²) < 4.78 is 0. The van der Waals surface area contributed by atoms with Crippen molar-refractivity contribution in [3.05, 3.63) is 35.4 Å². The van der Waals surface area contributed by atoms with Gasteiger partial charge in [-0.05, 0) is 23.5 Å². The zero-order valence-corrected chi connectivity index (χ0v) is 12.5. The van der Waals surface area contributed by atoms with Gasteiger partial charge in [0, 0.05) is 0 Å². The molecule has 0 aliphatic rings. The number of aldehydes is 1. The second-order valence-electron chi connectivity index (χ2n) is 4.27. The fourth-order valence-electron chi connectivity index (χ4n) is 1.60. The van der Waals surface area contributed by atoms with Gasteiger partial charge in [-0.1, -0.05) is 38.1 Å². The Labute approximate surface area is 124 Å². The molecule has 1 rings (SSSR count). The van der Waals surface area contributed by atoms with Crippen molar-refractivity contribution in [3.8, 4) is 0 Å². The molecule has 0 aliphatic heterocycles. The van der Waals surface area contributed by atoms with Crippen LogP contribution < -0.4 is 34.7 Å². The molecular weight excluding hydrogens is 227 g/mol. The zero-order chi connectivity index (χ0) is 12.1. The van der Waals surface area contributed by atoms with Gasteiger partial charge < -0.3 is 14.7 Å². The molecule has 0 amide bonds. The molecule has 1 atom stereocenters. The molecule has 17 heavy (non-hydrogen) atoms. The van der Waals surface area contributed by atoms with Crippen molar-refractivity contribution in [2.75, 3.05) is 0 Å². The summed E-state index contributed by atoms with van der Waals surface area (Å²) >= 11 is 0. The summed E-state index contributed by atoms with van der Waals surface area (Å²) in [7, 11) is 0. The zero-order valence-electron chi connectivity index (χ0n) is 10.5. The van der Waals surface area contributed by atoms with E-state index in [1.165, 1.54) is 0 Å². The first kappa shape index (κ1) is 16.4. The third kappa shape index (κ3) is 5.02. The summed E-state index contributed by atoms with van der Waals surface area (Å²) in [4.78, 5) is 21.2. The Morgan fingerprint density at radius 1 is 1.29 bits per heavy atom. The Bertz CT molecular complexity index is 371.